The van der Waals surface area contributed by atoms with Crippen LogP contribution >= 0.6 is 0 Å². The van der Waals surface area contributed by atoms with Crippen LogP contribution in [0.2, 0.25) is 0 Å². The maximum Gasteiger partial charge on any atom is 0.150 e. The Bertz CT molecular complexity index is 1370. The van der Waals surface area contributed by atoms with Gasteiger partial charge in [-0.1, -0.05) is 12.1 Å². The molecule has 3 N–H and O–H groups in total. The summed E-state index contributed by atoms with van der Waals surface area (Å²) in [6, 6.07) is 15.2. The molecule has 0 spiro atoms. The molecule has 0 fully saturated rings. The van der Waals surface area contributed by atoms with E-state index in [0.29, 0.717) is 22.3 Å². The molecular formula is C23H16FN7. The molecule has 4 aromatic rings. The van der Waals surface area contributed by atoms with Crippen molar-refractivity contribution in [1.82, 2.24) is 15.0 Å². The van der Waals surface area contributed by atoms with E-state index in [0.717, 1.165) is 16.7 Å². The zero-order valence-electron chi connectivity index (χ0n) is 16.5. The smallest absolute Gasteiger partial charge is 0.150 e. The zero-order chi connectivity index (χ0) is 22.0. The summed E-state index contributed by atoms with van der Waals surface area (Å²) in [6.45, 7) is 1.88. The van der Waals surface area contributed by atoms with E-state index in [9.17, 15) is 9.65 Å². The Labute approximate surface area is 177 Å². The fourth-order valence-electron chi connectivity index (χ4n) is 3.44. The second-order valence-electron chi connectivity index (χ2n) is 6.90. The molecule has 0 aliphatic heterocycles. The third-order valence-corrected chi connectivity index (χ3v) is 4.97. The van der Waals surface area contributed by atoms with Gasteiger partial charge in [0, 0.05) is 17.1 Å². The number of fused-ring (bicyclic) bond motifs is 1. The van der Waals surface area contributed by atoms with E-state index in [1.54, 1.807) is 24.4 Å². The topological polar surface area (TPSA) is 124 Å². The molecule has 0 saturated carbocycles. The van der Waals surface area contributed by atoms with E-state index < -0.39 is 0 Å². The number of nitrogens with two attached hydrogens (primary N) is 1. The lowest BCUT2D eigenvalue weighted by atomic mass is 9.92. The third kappa shape index (κ3) is 3.70. The molecule has 0 radical (unpaired) electrons. The normalized spacial score (nSPS) is 11.5. The van der Waals surface area contributed by atoms with Crippen molar-refractivity contribution in [1.29, 1.82) is 10.5 Å². The average Bonchev–Trinajstić information content (AvgIpc) is 2.78. The maximum absolute atomic E-state index is 14.1. The minimum Gasteiger partial charge on any atom is -0.382 e. The summed E-state index contributed by atoms with van der Waals surface area (Å²) < 4.78 is 14.1. The van der Waals surface area contributed by atoms with Gasteiger partial charge in [-0.15, -0.1) is 0 Å². The Morgan fingerprint density at radius 2 is 1.81 bits per heavy atom. The van der Waals surface area contributed by atoms with Crippen LogP contribution in [0.5, 0.6) is 0 Å². The molecular weight excluding hydrogens is 393 g/mol. The summed E-state index contributed by atoms with van der Waals surface area (Å²) in [5.74, 6) is 0.00291. The SMILES string of the molecule is CC(Nc1ncnc(N)c1C#N)c1cnc2ccc(F)cc2c1-c1ccc(C#N)cc1. The molecule has 0 bridgehead atoms. The number of hydrogen-bond donors (Lipinski definition) is 2. The zero-order valence-corrected chi connectivity index (χ0v) is 16.5. The predicted octanol–water partition coefficient (Wildman–Crippen LogP) is 4.33. The van der Waals surface area contributed by atoms with E-state index in [-0.39, 0.29) is 23.2 Å². The number of halogens is 1. The number of rotatable bonds is 4. The molecule has 31 heavy (non-hydrogen) atoms. The summed E-state index contributed by atoms with van der Waals surface area (Å²) in [7, 11) is 0. The largest absolute Gasteiger partial charge is 0.382 e. The van der Waals surface area contributed by atoms with Crippen molar-refractivity contribution in [3.05, 3.63) is 77.5 Å². The van der Waals surface area contributed by atoms with Crippen LogP contribution < -0.4 is 11.1 Å². The molecule has 7 nitrogen and oxygen atoms in total. The minimum absolute atomic E-state index is 0.0817. The molecule has 0 aliphatic carbocycles. The number of hydrogen-bond acceptors (Lipinski definition) is 7. The number of nitrogen functional groups attached to an aromatic ring is 1. The molecule has 2 heterocycles. The number of aromatic nitrogens is 3. The van der Waals surface area contributed by atoms with Gasteiger partial charge < -0.3 is 11.1 Å². The first-order valence-corrected chi connectivity index (χ1v) is 9.37. The first-order chi connectivity index (χ1) is 15.0. The Morgan fingerprint density at radius 3 is 2.52 bits per heavy atom. The van der Waals surface area contributed by atoms with Crippen molar-refractivity contribution in [2.24, 2.45) is 0 Å². The van der Waals surface area contributed by atoms with E-state index in [4.69, 9.17) is 11.0 Å². The lowest BCUT2D eigenvalue weighted by molar-refractivity contribution is 0.629. The summed E-state index contributed by atoms with van der Waals surface area (Å²) in [5.41, 5.74) is 9.45. The Morgan fingerprint density at radius 1 is 1.03 bits per heavy atom. The van der Waals surface area contributed by atoms with Gasteiger partial charge in [-0.3, -0.25) is 4.98 Å². The molecule has 2 aromatic carbocycles. The number of nitrogens with one attached hydrogen (secondary N) is 1. The third-order valence-electron chi connectivity index (χ3n) is 4.97. The predicted molar refractivity (Wildman–Crippen MR) is 115 cm³/mol. The van der Waals surface area contributed by atoms with Crippen molar-refractivity contribution < 1.29 is 4.39 Å². The minimum atomic E-state index is -0.378. The first-order valence-electron chi connectivity index (χ1n) is 9.37. The number of pyridine rings is 1. The molecule has 8 heteroatoms. The highest BCUT2D eigenvalue weighted by Gasteiger charge is 2.19. The lowest BCUT2D eigenvalue weighted by Crippen LogP contribution is -2.12. The van der Waals surface area contributed by atoms with Gasteiger partial charge in [-0.05, 0) is 48.4 Å². The van der Waals surface area contributed by atoms with Crippen LogP contribution in [-0.2, 0) is 0 Å². The van der Waals surface area contributed by atoms with Crippen molar-refractivity contribution in [2.75, 3.05) is 11.1 Å². The highest BCUT2D eigenvalue weighted by Crippen LogP contribution is 2.36. The summed E-state index contributed by atoms with van der Waals surface area (Å²) in [5, 5.41) is 22.4. The Balaban J connectivity index is 1.88. The van der Waals surface area contributed by atoms with Gasteiger partial charge in [0.25, 0.3) is 0 Å². The van der Waals surface area contributed by atoms with Crippen molar-refractivity contribution in [3.8, 4) is 23.3 Å². The van der Waals surface area contributed by atoms with Crippen LogP contribution in [0.3, 0.4) is 0 Å². The van der Waals surface area contributed by atoms with Crippen LogP contribution in [0.1, 0.15) is 29.7 Å². The van der Waals surface area contributed by atoms with E-state index in [1.165, 1.54) is 18.5 Å². The first kappa shape index (κ1) is 19.7. The monoisotopic (exact) mass is 409 g/mol. The summed E-state index contributed by atoms with van der Waals surface area (Å²) >= 11 is 0. The van der Waals surface area contributed by atoms with Crippen LogP contribution in [0.4, 0.5) is 16.0 Å². The van der Waals surface area contributed by atoms with Gasteiger partial charge in [0.1, 0.15) is 35.4 Å². The van der Waals surface area contributed by atoms with Gasteiger partial charge in [0.2, 0.25) is 0 Å². The molecule has 0 amide bonds. The average molecular weight is 409 g/mol. The highest BCUT2D eigenvalue weighted by molar-refractivity contribution is 5.96. The number of nitrogens with zero attached hydrogens (tertiary/aromatic N) is 5. The molecule has 4 rings (SSSR count). The standard InChI is InChI=1S/C23H16FN7/c1-13(31-23-18(10-26)22(27)29-12-30-23)19-11-28-20-7-6-16(24)8-17(20)21(19)15-4-2-14(9-25)3-5-15/h2-8,11-13H,1H3,(H3,27,29,30,31). The second kappa shape index (κ2) is 8.05. The molecule has 150 valence electrons. The van der Waals surface area contributed by atoms with Crippen molar-refractivity contribution in [2.45, 2.75) is 13.0 Å². The lowest BCUT2D eigenvalue weighted by Gasteiger charge is -2.21. The Hall–Kier alpha value is -4.56. The van der Waals surface area contributed by atoms with Gasteiger partial charge in [-0.25, -0.2) is 14.4 Å². The molecule has 1 atom stereocenters. The second-order valence-corrected chi connectivity index (χ2v) is 6.90. The van der Waals surface area contributed by atoms with E-state index >= 15 is 0 Å². The van der Waals surface area contributed by atoms with Gasteiger partial charge in [0.15, 0.2) is 0 Å². The summed E-state index contributed by atoms with van der Waals surface area (Å²) in [4.78, 5) is 12.5. The van der Waals surface area contributed by atoms with Crippen LogP contribution in [0.25, 0.3) is 22.0 Å². The number of anilines is 2. The van der Waals surface area contributed by atoms with Crippen molar-refractivity contribution in [3.63, 3.8) is 0 Å². The van der Waals surface area contributed by atoms with E-state index in [2.05, 4.69) is 26.3 Å². The molecule has 0 aliphatic rings. The van der Waals surface area contributed by atoms with Crippen molar-refractivity contribution >= 4 is 22.5 Å². The maximum atomic E-state index is 14.1. The van der Waals surface area contributed by atoms with Crippen LogP contribution in [0.15, 0.2) is 55.0 Å². The molecule has 0 saturated heterocycles. The number of benzene rings is 2. The fraction of sp³-hybridized carbons (Fsp3) is 0.0870. The molecule has 2 aromatic heterocycles. The highest BCUT2D eigenvalue weighted by atomic mass is 19.1. The van der Waals surface area contributed by atoms with Crippen LogP contribution in [-0.4, -0.2) is 15.0 Å². The Kier molecular flexibility index (Phi) is 5.13. The quantitative estimate of drug-likeness (QED) is 0.514. The summed E-state index contributed by atoms with van der Waals surface area (Å²) in [6.07, 6.45) is 2.99. The van der Waals surface area contributed by atoms with Crippen LogP contribution in [0, 0.1) is 28.5 Å². The molecule has 1 unspecified atom stereocenters. The fourth-order valence-corrected chi connectivity index (χ4v) is 3.44. The number of nitriles is 2. The van der Waals surface area contributed by atoms with Gasteiger partial charge >= 0.3 is 0 Å². The van der Waals surface area contributed by atoms with Gasteiger partial charge in [-0.2, -0.15) is 10.5 Å². The van der Waals surface area contributed by atoms with Gasteiger partial charge in [0.05, 0.1) is 23.2 Å². The van der Waals surface area contributed by atoms with E-state index in [1.807, 2.05) is 25.1 Å².